The van der Waals surface area contributed by atoms with Crippen LogP contribution in [0.3, 0.4) is 0 Å². The summed E-state index contributed by atoms with van der Waals surface area (Å²) in [4.78, 5) is 13.5. The topological polar surface area (TPSA) is 82.1 Å². The summed E-state index contributed by atoms with van der Waals surface area (Å²) in [6, 6.07) is 13.4. The van der Waals surface area contributed by atoms with Crippen LogP contribution in [0.4, 0.5) is 0 Å². The van der Waals surface area contributed by atoms with E-state index in [9.17, 15) is 10.1 Å². The number of aryl methyl sites for hydroxylation is 1. The van der Waals surface area contributed by atoms with Crippen molar-refractivity contribution in [3.63, 3.8) is 0 Å². The first-order valence-electron chi connectivity index (χ1n) is 8.00. The number of rotatable bonds is 5. The molecule has 0 N–H and O–H groups in total. The van der Waals surface area contributed by atoms with Gasteiger partial charge < -0.3 is 14.2 Å². The Kier molecular flexibility index (Phi) is 5.82. The second-order valence-corrected chi connectivity index (χ2v) is 5.85. The number of amides is 1. The molecule has 0 aliphatic rings. The highest BCUT2D eigenvalue weighted by Gasteiger charge is 2.16. The molecule has 1 aromatic carbocycles. The first kappa shape index (κ1) is 18.8. The maximum Gasteiger partial charge on any atom is 0.265 e. The minimum atomic E-state index is -0.469. The van der Waals surface area contributed by atoms with Gasteiger partial charge >= 0.3 is 0 Å². The Bertz CT molecular complexity index is 924. The lowest BCUT2D eigenvalue weighted by Crippen LogP contribution is -2.27. The van der Waals surface area contributed by atoms with Crippen molar-refractivity contribution in [1.29, 1.82) is 10.5 Å². The fourth-order valence-corrected chi connectivity index (χ4v) is 2.74. The van der Waals surface area contributed by atoms with Crippen LogP contribution in [0.2, 0.25) is 0 Å². The molecule has 0 radical (unpaired) electrons. The molecular formula is C20H20N4O2. The Morgan fingerprint density at radius 2 is 1.92 bits per heavy atom. The average molecular weight is 348 g/mol. The summed E-state index contributed by atoms with van der Waals surface area (Å²) in [6.07, 6.45) is 1.57. The fourth-order valence-electron chi connectivity index (χ4n) is 2.74. The van der Waals surface area contributed by atoms with Gasteiger partial charge in [0.05, 0.1) is 13.2 Å². The number of aromatic nitrogens is 1. The zero-order valence-electron chi connectivity index (χ0n) is 15.3. The van der Waals surface area contributed by atoms with Gasteiger partial charge in [-0.15, -0.1) is 0 Å². The van der Waals surface area contributed by atoms with Gasteiger partial charge in [0, 0.05) is 24.1 Å². The van der Waals surface area contributed by atoms with E-state index in [1.165, 1.54) is 11.9 Å². The van der Waals surface area contributed by atoms with Crippen LogP contribution >= 0.6 is 0 Å². The molecule has 6 heteroatoms. The average Bonchev–Trinajstić information content (AvgIpc) is 2.92. The second kappa shape index (κ2) is 8.04. The summed E-state index contributed by atoms with van der Waals surface area (Å²) >= 11 is 0. The van der Waals surface area contributed by atoms with Crippen molar-refractivity contribution in [2.24, 2.45) is 0 Å². The van der Waals surface area contributed by atoms with Gasteiger partial charge in [-0.1, -0.05) is 0 Å². The highest BCUT2D eigenvalue weighted by Crippen LogP contribution is 2.24. The third-order valence-corrected chi connectivity index (χ3v) is 4.11. The molecule has 2 aromatic rings. The SMILES string of the molecule is COc1ccc(-n2c(C)cc(/C=C(/C#N)C(=O)N(C)CC#N)c2C)cc1. The van der Waals surface area contributed by atoms with E-state index in [1.54, 1.807) is 13.2 Å². The Morgan fingerprint density at radius 3 is 2.46 bits per heavy atom. The number of nitrogens with zero attached hydrogens (tertiary/aromatic N) is 4. The van der Waals surface area contributed by atoms with Crippen LogP contribution in [0, 0.1) is 36.5 Å². The van der Waals surface area contributed by atoms with E-state index < -0.39 is 5.91 Å². The van der Waals surface area contributed by atoms with E-state index in [1.807, 2.05) is 60.9 Å². The molecule has 0 saturated heterocycles. The third-order valence-electron chi connectivity index (χ3n) is 4.11. The van der Waals surface area contributed by atoms with Crippen LogP contribution in [0.15, 0.2) is 35.9 Å². The van der Waals surface area contributed by atoms with Crippen LogP contribution < -0.4 is 4.74 Å². The minimum Gasteiger partial charge on any atom is -0.497 e. The third kappa shape index (κ3) is 3.76. The number of carbonyl (C=O) groups is 1. The van der Waals surface area contributed by atoms with Gasteiger partial charge in [-0.05, 0) is 55.8 Å². The molecule has 0 saturated carbocycles. The van der Waals surface area contributed by atoms with Crippen molar-refractivity contribution < 1.29 is 9.53 Å². The maximum absolute atomic E-state index is 12.3. The first-order chi connectivity index (χ1) is 12.4. The number of nitriles is 2. The van der Waals surface area contributed by atoms with Crippen molar-refractivity contribution in [1.82, 2.24) is 9.47 Å². The zero-order valence-corrected chi connectivity index (χ0v) is 15.3. The van der Waals surface area contributed by atoms with E-state index in [0.717, 1.165) is 28.4 Å². The van der Waals surface area contributed by atoms with Gasteiger partial charge in [0.25, 0.3) is 5.91 Å². The van der Waals surface area contributed by atoms with E-state index in [2.05, 4.69) is 0 Å². The van der Waals surface area contributed by atoms with Gasteiger partial charge in [0.2, 0.25) is 0 Å². The van der Waals surface area contributed by atoms with Gasteiger partial charge in [0.1, 0.15) is 23.9 Å². The molecule has 0 aliphatic heterocycles. The van der Waals surface area contributed by atoms with E-state index in [0.29, 0.717) is 0 Å². The summed E-state index contributed by atoms with van der Waals surface area (Å²) in [6.45, 7) is 3.83. The van der Waals surface area contributed by atoms with Crippen molar-refractivity contribution >= 4 is 12.0 Å². The van der Waals surface area contributed by atoms with Crippen molar-refractivity contribution in [2.75, 3.05) is 20.7 Å². The monoisotopic (exact) mass is 348 g/mol. The smallest absolute Gasteiger partial charge is 0.265 e. The van der Waals surface area contributed by atoms with Gasteiger partial charge in [0.15, 0.2) is 0 Å². The summed E-state index contributed by atoms with van der Waals surface area (Å²) in [5.74, 6) is 0.303. The van der Waals surface area contributed by atoms with Crippen LogP contribution in [-0.2, 0) is 4.79 Å². The van der Waals surface area contributed by atoms with Crippen LogP contribution in [0.5, 0.6) is 5.75 Å². The molecule has 0 bridgehead atoms. The Labute approximate surface area is 153 Å². The van der Waals surface area contributed by atoms with Gasteiger partial charge in [-0.2, -0.15) is 10.5 Å². The number of methoxy groups -OCH3 is 1. The number of benzene rings is 1. The van der Waals surface area contributed by atoms with Crippen molar-refractivity contribution in [3.05, 3.63) is 52.9 Å². The summed E-state index contributed by atoms with van der Waals surface area (Å²) in [5.41, 5.74) is 3.64. The molecule has 26 heavy (non-hydrogen) atoms. The largest absolute Gasteiger partial charge is 0.497 e. The van der Waals surface area contributed by atoms with Crippen LogP contribution in [0.25, 0.3) is 11.8 Å². The van der Waals surface area contributed by atoms with E-state index >= 15 is 0 Å². The molecule has 132 valence electrons. The second-order valence-electron chi connectivity index (χ2n) is 5.85. The highest BCUT2D eigenvalue weighted by molar-refractivity contribution is 6.01. The lowest BCUT2D eigenvalue weighted by molar-refractivity contribution is -0.124. The molecule has 0 unspecified atom stereocenters. The molecular weight excluding hydrogens is 328 g/mol. The molecule has 0 spiro atoms. The Morgan fingerprint density at radius 1 is 1.27 bits per heavy atom. The molecule has 0 atom stereocenters. The lowest BCUT2D eigenvalue weighted by Gasteiger charge is -2.12. The number of hydrogen-bond donors (Lipinski definition) is 0. The number of likely N-dealkylation sites (N-methyl/N-ethyl adjacent to an activating group) is 1. The normalized spacial score (nSPS) is 10.8. The highest BCUT2D eigenvalue weighted by atomic mass is 16.5. The molecule has 0 aliphatic carbocycles. The van der Waals surface area contributed by atoms with Crippen molar-refractivity contribution in [3.8, 4) is 23.6 Å². The van der Waals surface area contributed by atoms with Crippen molar-refractivity contribution in [2.45, 2.75) is 13.8 Å². The molecule has 6 nitrogen and oxygen atoms in total. The number of hydrogen-bond acceptors (Lipinski definition) is 4. The summed E-state index contributed by atoms with van der Waals surface area (Å²) < 4.78 is 7.23. The molecule has 1 aromatic heterocycles. The molecule has 1 heterocycles. The van der Waals surface area contributed by atoms with Crippen LogP contribution in [-0.4, -0.2) is 36.1 Å². The fraction of sp³-hybridized carbons (Fsp3) is 0.250. The molecule has 1 amide bonds. The quantitative estimate of drug-likeness (QED) is 0.472. The first-order valence-corrected chi connectivity index (χ1v) is 8.00. The Hall–Kier alpha value is -3.51. The number of ether oxygens (including phenoxy) is 1. The summed E-state index contributed by atoms with van der Waals surface area (Å²) in [7, 11) is 3.12. The van der Waals surface area contributed by atoms with Gasteiger partial charge in [-0.3, -0.25) is 4.79 Å². The summed E-state index contributed by atoms with van der Waals surface area (Å²) in [5, 5.41) is 18.1. The lowest BCUT2D eigenvalue weighted by atomic mass is 10.1. The molecule has 2 rings (SSSR count). The standard InChI is InChI=1S/C20H20N4O2/c1-14-11-16(12-17(13-22)20(25)23(3)10-9-21)15(2)24(14)18-5-7-19(26-4)8-6-18/h5-8,11-12H,10H2,1-4H3/b17-12-. The van der Waals surface area contributed by atoms with Crippen LogP contribution in [0.1, 0.15) is 17.0 Å². The maximum atomic E-state index is 12.3. The van der Waals surface area contributed by atoms with E-state index in [-0.39, 0.29) is 12.1 Å². The number of carbonyl (C=O) groups excluding carboxylic acids is 1. The predicted molar refractivity (Wildman–Crippen MR) is 98.6 cm³/mol. The predicted octanol–water partition coefficient (Wildman–Crippen LogP) is 2.99. The Balaban J connectivity index is 2.44. The minimum absolute atomic E-state index is 0.00210. The van der Waals surface area contributed by atoms with E-state index in [4.69, 9.17) is 10.00 Å². The molecule has 0 fully saturated rings. The van der Waals surface area contributed by atoms with Gasteiger partial charge in [-0.25, -0.2) is 0 Å². The zero-order chi connectivity index (χ0) is 19.3.